The summed E-state index contributed by atoms with van der Waals surface area (Å²) in [5, 5.41) is 0. The van der Waals surface area contributed by atoms with Crippen molar-refractivity contribution in [3.63, 3.8) is 0 Å². The first kappa shape index (κ1) is 13.1. The van der Waals surface area contributed by atoms with Crippen molar-refractivity contribution in [2.24, 2.45) is 0 Å². The SMILES string of the molecule is Cc1cc(F)ccc1CC(CCl)c1ccccc1. The molecule has 0 aliphatic rings. The number of benzene rings is 2. The smallest absolute Gasteiger partial charge is 0.123 e. The van der Waals surface area contributed by atoms with E-state index in [1.165, 1.54) is 11.6 Å². The Hall–Kier alpha value is -1.34. The second kappa shape index (κ2) is 6.01. The van der Waals surface area contributed by atoms with Crippen molar-refractivity contribution in [2.75, 3.05) is 5.88 Å². The lowest BCUT2D eigenvalue weighted by Gasteiger charge is -2.16. The average Bonchev–Trinajstić information content (AvgIpc) is 2.39. The van der Waals surface area contributed by atoms with Crippen molar-refractivity contribution >= 4 is 11.6 Å². The Kier molecular flexibility index (Phi) is 4.38. The van der Waals surface area contributed by atoms with Gasteiger partial charge in [0.15, 0.2) is 0 Å². The molecule has 0 N–H and O–H groups in total. The van der Waals surface area contributed by atoms with Crippen LogP contribution in [0.2, 0.25) is 0 Å². The molecule has 18 heavy (non-hydrogen) atoms. The van der Waals surface area contributed by atoms with E-state index in [4.69, 9.17) is 11.6 Å². The highest BCUT2D eigenvalue weighted by Crippen LogP contribution is 2.24. The van der Waals surface area contributed by atoms with Crippen LogP contribution in [-0.2, 0) is 6.42 Å². The number of aryl methyl sites for hydroxylation is 1. The summed E-state index contributed by atoms with van der Waals surface area (Å²) in [7, 11) is 0. The molecule has 2 heteroatoms. The summed E-state index contributed by atoms with van der Waals surface area (Å²) in [6.45, 7) is 1.94. The largest absolute Gasteiger partial charge is 0.207 e. The van der Waals surface area contributed by atoms with Crippen LogP contribution in [0.25, 0.3) is 0 Å². The third kappa shape index (κ3) is 3.11. The van der Waals surface area contributed by atoms with E-state index in [1.54, 1.807) is 6.07 Å². The van der Waals surface area contributed by atoms with Gasteiger partial charge in [-0.05, 0) is 42.2 Å². The Morgan fingerprint density at radius 3 is 2.44 bits per heavy atom. The van der Waals surface area contributed by atoms with Crippen LogP contribution in [0.5, 0.6) is 0 Å². The Morgan fingerprint density at radius 1 is 1.11 bits per heavy atom. The molecule has 0 bridgehead atoms. The molecule has 0 heterocycles. The lowest BCUT2D eigenvalue weighted by molar-refractivity contribution is 0.624. The lowest BCUT2D eigenvalue weighted by Crippen LogP contribution is -2.06. The number of alkyl halides is 1. The summed E-state index contributed by atoms with van der Waals surface area (Å²) in [6.07, 6.45) is 0.847. The van der Waals surface area contributed by atoms with E-state index in [0.717, 1.165) is 17.5 Å². The van der Waals surface area contributed by atoms with Crippen LogP contribution >= 0.6 is 11.6 Å². The van der Waals surface area contributed by atoms with Crippen LogP contribution in [0.15, 0.2) is 48.5 Å². The summed E-state index contributed by atoms with van der Waals surface area (Å²) < 4.78 is 13.1. The molecule has 1 atom stereocenters. The first-order chi connectivity index (χ1) is 8.70. The van der Waals surface area contributed by atoms with Gasteiger partial charge < -0.3 is 0 Å². The predicted octanol–water partition coefficient (Wildman–Crippen LogP) is 4.70. The highest BCUT2D eigenvalue weighted by molar-refractivity contribution is 6.18. The third-order valence-electron chi connectivity index (χ3n) is 3.23. The third-order valence-corrected chi connectivity index (χ3v) is 3.60. The van der Waals surface area contributed by atoms with Gasteiger partial charge >= 0.3 is 0 Å². The van der Waals surface area contributed by atoms with Crippen LogP contribution in [0.3, 0.4) is 0 Å². The van der Waals surface area contributed by atoms with E-state index in [1.807, 2.05) is 31.2 Å². The monoisotopic (exact) mass is 262 g/mol. The lowest BCUT2D eigenvalue weighted by atomic mass is 9.91. The minimum absolute atomic E-state index is 0.182. The van der Waals surface area contributed by atoms with Crippen LogP contribution in [0.4, 0.5) is 4.39 Å². The van der Waals surface area contributed by atoms with Crippen LogP contribution in [0, 0.1) is 12.7 Å². The molecule has 94 valence electrons. The van der Waals surface area contributed by atoms with E-state index < -0.39 is 0 Å². The van der Waals surface area contributed by atoms with Gasteiger partial charge in [0.1, 0.15) is 5.82 Å². The number of halogens is 2. The quantitative estimate of drug-likeness (QED) is 0.701. The van der Waals surface area contributed by atoms with E-state index in [9.17, 15) is 4.39 Å². The minimum atomic E-state index is -0.182. The second-order valence-electron chi connectivity index (χ2n) is 4.54. The van der Waals surface area contributed by atoms with Crippen molar-refractivity contribution in [2.45, 2.75) is 19.3 Å². The number of hydrogen-bond acceptors (Lipinski definition) is 0. The van der Waals surface area contributed by atoms with Crippen LogP contribution in [0.1, 0.15) is 22.6 Å². The molecule has 0 spiro atoms. The van der Waals surface area contributed by atoms with Crippen molar-refractivity contribution in [3.8, 4) is 0 Å². The number of rotatable bonds is 4. The maximum atomic E-state index is 13.1. The predicted molar refractivity (Wildman–Crippen MR) is 74.7 cm³/mol. The van der Waals surface area contributed by atoms with Crippen LogP contribution < -0.4 is 0 Å². The Labute approximate surface area is 112 Å². The van der Waals surface area contributed by atoms with E-state index in [0.29, 0.717) is 5.88 Å². The molecular weight excluding hydrogens is 247 g/mol. The molecule has 0 aromatic heterocycles. The summed E-state index contributed by atoms with van der Waals surface area (Å²) in [5.74, 6) is 0.663. The van der Waals surface area contributed by atoms with Crippen LogP contribution in [-0.4, -0.2) is 5.88 Å². The van der Waals surface area contributed by atoms with Gasteiger partial charge in [0.05, 0.1) is 0 Å². The van der Waals surface area contributed by atoms with Crippen molar-refractivity contribution in [1.29, 1.82) is 0 Å². The molecule has 2 aromatic rings. The Bertz CT molecular complexity index is 508. The van der Waals surface area contributed by atoms with Gasteiger partial charge in [-0.15, -0.1) is 11.6 Å². The molecule has 0 saturated heterocycles. The molecule has 0 fully saturated rings. The zero-order valence-electron chi connectivity index (χ0n) is 10.4. The van der Waals surface area contributed by atoms with Gasteiger partial charge in [0.25, 0.3) is 0 Å². The Morgan fingerprint density at radius 2 is 1.83 bits per heavy atom. The first-order valence-electron chi connectivity index (χ1n) is 6.06. The van der Waals surface area contributed by atoms with Gasteiger partial charge in [-0.1, -0.05) is 36.4 Å². The molecule has 2 aromatic carbocycles. The van der Waals surface area contributed by atoms with Crippen molar-refractivity contribution in [3.05, 3.63) is 71.0 Å². The van der Waals surface area contributed by atoms with Crippen molar-refractivity contribution in [1.82, 2.24) is 0 Å². The number of hydrogen-bond donors (Lipinski definition) is 0. The highest BCUT2D eigenvalue weighted by atomic mass is 35.5. The molecule has 1 unspecified atom stereocenters. The van der Waals surface area contributed by atoms with Gasteiger partial charge in [0, 0.05) is 11.8 Å². The highest BCUT2D eigenvalue weighted by Gasteiger charge is 2.12. The molecule has 0 aliphatic carbocycles. The van der Waals surface area contributed by atoms with E-state index in [2.05, 4.69) is 12.1 Å². The molecule has 0 aliphatic heterocycles. The fourth-order valence-electron chi connectivity index (χ4n) is 2.14. The normalized spacial score (nSPS) is 12.4. The van der Waals surface area contributed by atoms with Crippen molar-refractivity contribution < 1.29 is 4.39 Å². The average molecular weight is 263 g/mol. The van der Waals surface area contributed by atoms with Gasteiger partial charge in [0.2, 0.25) is 0 Å². The molecule has 0 nitrogen and oxygen atoms in total. The van der Waals surface area contributed by atoms with Gasteiger partial charge in [-0.3, -0.25) is 0 Å². The Balaban J connectivity index is 2.21. The summed E-state index contributed by atoms with van der Waals surface area (Å²) in [4.78, 5) is 0. The standard InChI is InChI=1S/C16H16ClF/c1-12-9-16(18)8-7-14(12)10-15(11-17)13-5-3-2-4-6-13/h2-9,15H,10-11H2,1H3. The molecule has 0 amide bonds. The maximum absolute atomic E-state index is 13.1. The van der Waals surface area contributed by atoms with Gasteiger partial charge in [-0.2, -0.15) is 0 Å². The second-order valence-corrected chi connectivity index (χ2v) is 4.85. The molecule has 0 saturated carbocycles. The first-order valence-corrected chi connectivity index (χ1v) is 6.60. The molecule has 0 radical (unpaired) electrons. The maximum Gasteiger partial charge on any atom is 0.123 e. The van der Waals surface area contributed by atoms with E-state index >= 15 is 0 Å². The summed E-state index contributed by atoms with van der Waals surface area (Å²) in [5.41, 5.74) is 3.38. The topological polar surface area (TPSA) is 0 Å². The fourth-order valence-corrected chi connectivity index (χ4v) is 2.43. The molecule has 2 rings (SSSR count). The zero-order valence-corrected chi connectivity index (χ0v) is 11.1. The van der Waals surface area contributed by atoms with E-state index in [-0.39, 0.29) is 11.7 Å². The summed E-state index contributed by atoms with van der Waals surface area (Å²) >= 11 is 6.06. The van der Waals surface area contributed by atoms with Gasteiger partial charge in [-0.25, -0.2) is 4.39 Å². The molecular formula is C16H16ClF. The fraction of sp³-hybridized carbons (Fsp3) is 0.250. The summed E-state index contributed by atoms with van der Waals surface area (Å²) in [6, 6.07) is 15.2. The minimum Gasteiger partial charge on any atom is -0.207 e. The zero-order chi connectivity index (χ0) is 13.0.